The van der Waals surface area contributed by atoms with Crippen molar-refractivity contribution >= 4 is 5.97 Å². The summed E-state index contributed by atoms with van der Waals surface area (Å²) in [5.74, 6) is -0.713. The van der Waals surface area contributed by atoms with Crippen LogP contribution in [0.5, 0.6) is 0 Å². The number of ether oxygens (including phenoxy) is 1. The second kappa shape index (κ2) is 7.07. The van der Waals surface area contributed by atoms with E-state index in [0.717, 1.165) is 0 Å². The Balaban J connectivity index is 0. The SMILES string of the molecule is COC(=O)C[O-].[K+]. The molecule has 0 spiro atoms. The van der Waals surface area contributed by atoms with Crippen LogP contribution in [0.25, 0.3) is 0 Å². The predicted octanol–water partition coefficient (Wildman–Crippen LogP) is -4.48. The van der Waals surface area contributed by atoms with Crippen molar-refractivity contribution in [2.45, 2.75) is 0 Å². The van der Waals surface area contributed by atoms with E-state index in [0.29, 0.717) is 0 Å². The molecule has 3 nitrogen and oxygen atoms in total. The normalized spacial score (nSPS) is 6.57. The maximum atomic E-state index is 9.65. The van der Waals surface area contributed by atoms with Gasteiger partial charge in [0, 0.05) is 0 Å². The fourth-order valence-corrected chi connectivity index (χ4v) is 0.0589. The number of hydrogen-bond acceptors (Lipinski definition) is 3. The molecule has 0 aromatic heterocycles. The van der Waals surface area contributed by atoms with Gasteiger partial charge in [-0.05, 0) is 6.61 Å². The summed E-state index contributed by atoms with van der Waals surface area (Å²) in [7, 11) is 1.18. The van der Waals surface area contributed by atoms with Gasteiger partial charge in [0.05, 0.1) is 7.11 Å². The van der Waals surface area contributed by atoms with E-state index in [1.54, 1.807) is 0 Å². The first-order valence-electron chi connectivity index (χ1n) is 1.46. The zero-order chi connectivity index (χ0) is 4.99. The standard InChI is InChI=1S/C3H5O3.K/c1-6-3(5)2-4;/h2H2,1H3;/q-1;+1. The van der Waals surface area contributed by atoms with Gasteiger partial charge in [0.25, 0.3) is 5.97 Å². The zero-order valence-corrected chi connectivity index (χ0v) is 7.55. The minimum absolute atomic E-state index is 0. The van der Waals surface area contributed by atoms with Crippen LogP contribution in [0, 0.1) is 0 Å². The smallest absolute Gasteiger partial charge is 0.846 e. The molecule has 4 heteroatoms. The Hall–Kier alpha value is 1.07. The molecule has 0 saturated heterocycles. The van der Waals surface area contributed by atoms with Gasteiger partial charge in [0.2, 0.25) is 0 Å². The summed E-state index contributed by atoms with van der Waals surface area (Å²) in [6.07, 6.45) is 0. The molecular formula is C3H5KO3. The molecule has 0 aromatic rings. The van der Waals surface area contributed by atoms with Gasteiger partial charge < -0.3 is 9.84 Å². The van der Waals surface area contributed by atoms with Crippen molar-refractivity contribution in [2.24, 2.45) is 0 Å². The molecule has 0 rings (SSSR count). The van der Waals surface area contributed by atoms with E-state index >= 15 is 0 Å². The first-order valence-corrected chi connectivity index (χ1v) is 1.46. The van der Waals surface area contributed by atoms with Gasteiger partial charge in [-0.1, -0.05) is 0 Å². The third-order valence-corrected chi connectivity index (χ3v) is 0.346. The second-order valence-electron chi connectivity index (χ2n) is 0.720. The quantitative estimate of drug-likeness (QED) is 0.264. The average Bonchev–Trinajstić information content (AvgIpc) is 1.65. The zero-order valence-electron chi connectivity index (χ0n) is 4.43. The Labute approximate surface area is 84.5 Å². The maximum absolute atomic E-state index is 9.65. The van der Waals surface area contributed by atoms with Crippen LogP contribution in [0.4, 0.5) is 0 Å². The molecule has 0 N–H and O–H groups in total. The van der Waals surface area contributed by atoms with Crippen LogP contribution in [0.2, 0.25) is 0 Å². The predicted molar refractivity (Wildman–Crippen MR) is 16.9 cm³/mol. The Kier molecular flexibility index (Phi) is 11.0. The van der Waals surface area contributed by atoms with Crippen LogP contribution < -0.4 is 56.5 Å². The van der Waals surface area contributed by atoms with Gasteiger partial charge >= 0.3 is 51.4 Å². The number of hydrogen-bond donors (Lipinski definition) is 0. The van der Waals surface area contributed by atoms with Crippen molar-refractivity contribution in [1.82, 2.24) is 0 Å². The topological polar surface area (TPSA) is 49.4 Å². The van der Waals surface area contributed by atoms with Crippen LogP contribution in [0.1, 0.15) is 0 Å². The third-order valence-electron chi connectivity index (χ3n) is 0.346. The summed E-state index contributed by atoms with van der Waals surface area (Å²) in [6, 6.07) is 0. The van der Waals surface area contributed by atoms with Crippen LogP contribution in [0.3, 0.4) is 0 Å². The fraction of sp³-hybridized carbons (Fsp3) is 0.667. The van der Waals surface area contributed by atoms with Crippen LogP contribution >= 0.6 is 0 Å². The Morgan fingerprint density at radius 2 is 2.29 bits per heavy atom. The Bertz CT molecular complexity index is 48.1. The summed E-state index contributed by atoms with van der Waals surface area (Å²) in [5.41, 5.74) is 0. The fourth-order valence-electron chi connectivity index (χ4n) is 0.0589. The monoisotopic (exact) mass is 128 g/mol. The van der Waals surface area contributed by atoms with Crippen LogP contribution in [-0.4, -0.2) is 19.7 Å². The van der Waals surface area contributed by atoms with Gasteiger partial charge in [-0.2, -0.15) is 0 Å². The molecule has 0 aliphatic rings. The van der Waals surface area contributed by atoms with E-state index in [-0.39, 0.29) is 51.4 Å². The first-order chi connectivity index (χ1) is 2.81. The molecule has 0 heterocycles. The Morgan fingerprint density at radius 3 is 2.29 bits per heavy atom. The van der Waals surface area contributed by atoms with Crippen molar-refractivity contribution in [3.8, 4) is 0 Å². The summed E-state index contributed by atoms with van der Waals surface area (Å²) in [4.78, 5) is 9.65. The molecule has 0 radical (unpaired) electrons. The van der Waals surface area contributed by atoms with Crippen molar-refractivity contribution < 1.29 is 66.0 Å². The Morgan fingerprint density at radius 1 is 1.86 bits per heavy atom. The molecule has 0 saturated carbocycles. The minimum atomic E-state index is -0.781. The molecule has 36 valence electrons. The van der Waals surface area contributed by atoms with E-state index in [9.17, 15) is 9.90 Å². The molecular weight excluding hydrogens is 123 g/mol. The van der Waals surface area contributed by atoms with Gasteiger partial charge in [0.15, 0.2) is 0 Å². The molecule has 7 heavy (non-hydrogen) atoms. The van der Waals surface area contributed by atoms with Crippen molar-refractivity contribution in [3.05, 3.63) is 0 Å². The number of rotatable bonds is 1. The molecule has 0 amide bonds. The average molecular weight is 128 g/mol. The van der Waals surface area contributed by atoms with Gasteiger partial charge in [0.1, 0.15) is 0 Å². The molecule has 0 unspecified atom stereocenters. The van der Waals surface area contributed by atoms with Crippen molar-refractivity contribution in [1.29, 1.82) is 0 Å². The largest absolute Gasteiger partial charge is 1.00 e. The minimum Gasteiger partial charge on any atom is -0.846 e. The number of esters is 1. The van der Waals surface area contributed by atoms with Crippen LogP contribution in [-0.2, 0) is 9.53 Å². The number of methoxy groups -OCH3 is 1. The van der Waals surface area contributed by atoms with E-state index in [2.05, 4.69) is 4.74 Å². The molecule has 0 atom stereocenters. The summed E-state index contributed by atoms with van der Waals surface area (Å²) < 4.78 is 3.95. The first kappa shape index (κ1) is 10.9. The van der Waals surface area contributed by atoms with E-state index in [4.69, 9.17) is 0 Å². The second-order valence-corrected chi connectivity index (χ2v) is 0.720. The number of carbonyl (C=O) groups is 1. The van der Waals surface area contributed by atoms with Gasteiger partial charge in [-0.15, -0.1) is 0 Å². The molecule has 0 aliphatic carbocycles. The molecule has 0 aromatic carbocycles. The van der Waals surface area contributed by atoms with E-state index < -0.39 is 12.6 Å². The van der Waals surface area contributed by atoms with Gasteiger partial charge in [-0.3, -0.25) is 4.79 Å². The van der Waals surface area contributed by atoms with E-state index in [1.807, 2.05) is 0 Å². The van der Waals surface area contributed by atoms with Crippen molar-refractivity contribution in [2.75, 3.05) is 13.7 Å². The van der Waals surface area contributed by atoms with Crippen LogP contribution in [0.15, 0.2) is 0 Å². The van der Waals surface area contributed by atoms with E-state index in [1.165, 1.54) is 7.11 Å². The number of carbonyl (C=O) groups excluding carboxylic acids is 1. The van der Waals surface area contributed by atoms with Crippen molar-refractivity contribution in [3.63, 3.8) is 0 Å². The molecule has 0 bridgehead atoms. The summed E-state index contributed by atoms with van der Waals surface area (Å²) in [6.45, 7) is -0.781. The maximum Gasteiger partial charge on any atom is 1.00 e. The van der Waals surface area contributed by atoms with Gasteiger partial charge in [-0.25, -0.2) is 0 Å². The summed E-state index contributed by atoms with van der Waals surface area (Å²) in [5, 5.41) is 9.39. The molecule has 0 fully saturated rings. The summed E-state index contributed by atoms with van der Waals surface area (Å²) >= 11 is 0. The molecule has 0 aliphatic heterocycles. The third kappa shape index (κ3) is 7.07.